The van der Waals surface area contributed by atoms with Crippen LogP contribution in [0.4, 0.5) is 0 Å². The first-order chi connectivity index (χ1) is 9.69. The third-order valence-electron chi connectivity index (χ3n) is 3.18. The maximum atomic E-state index is 12.0. The highest BCUT2D eigenvalue weighted by Crippen LogP contribution is 2.38. The first kappa shape index (κ1) is 16.1. The molecular weight excluding hydrogens is 305 g/mol. The topological polar surface area (TPSA) is 147 Å². The number of aliphatic hydroxyl groups is 1. The molecule has 4 N–H and O–H groups in total. The summed E-state index contributed by atoms with van der Waals surface area (Å²) in [7, 11) is -3.22. The van der Waals surface area contributed by atoms with E-state index in [1.165, 1.54) is 23.9 Å². The van der Waals surface area contributed by atoms with Gasteiger partial charge in [-0.25, -0.2) is 9.36 Å². The first-order valence-electron chi connectivity index (χ1n) is 6.05. The fourth-order valence-electron chi connectivity index (χ4n) is 2.03. The Balaban J connectivity index is 2.14. The van der Waals surface area contributed by atoms with Crippen molar-refractivity contribution in [1.82, 2.24) is 9.13 Å². The molecule has 11 heteroatoms. The van der Waals surface area contributed by atoms with Crippen LogP contribution in [0.15, 0.2) is 17.1 Å². The monoisotopic (exact) mass is 321 g/mol. The standard InChI is InChI=1S/C10H16N3O7P/c1-12-8(11)2-3-13(10(12)15)9-4-6(14)7(20-9)5-19-21(16,17)18/h2-3,6-7,9,11,14H,4-5H2,1H3,(H2,16,17,18)/t6-,7+,9+/m0/s1. The van der Waals surface area contributed by atoms with Crippen molar-refractivity contribution in [2.45, 2.75) is 24.9 Å². The van der Waals surface area contributed by atoms with Crippen molar-refractivity contribution >= 4 is 7.82 Å². The number of phosphoric acid groups is 1. The predicted molar refractivity (Wildman–Crippen MR) is 68.1 cm³/mol. The molecule has 0 radical (unpaired) electrons. The average Bonchev–Trinajstić information content (AvgIpc) is 2.74. The van der Waals surface area contributed by atoms with Gasteiger partial charge in [-0.3, -0.25) is 19.1 Å². The fourth-order valence-corrected chi connectivity index (χ4v) is 2.37. The zero-order chi connectivity index (χ0) is 15.8. The molecule has 1 fully saturated rings. The Bertz CT molecular complexity index is 678. The van der Waals surface area contributed by atoms with Crippen LogP contribution in [0, 0.1) is 5.41 Å². The van der Waals surface area contributed by atoms with E-state index in [0.717, 1.165) is 4.57 Å². The lowest BCUT2D eigenvalue weighted by Gasteiger charge is -2.17. The highest BCUT2D eigenvalue weighted by molar-refractivity contribution is 7.46. The van der Waals surface area contributed by atoms with Crippen molar-refractivity contribution in [1.29, 1.82) is 5.41 Å². The molecule has 2 heterocycles. The summed E-state index contributed by atoms with van der Waals surface area (Å²) in [5, 5.41) is 17.3. The van der Waals surface area contributed by atoms with E-state index in [1.54, 1.807) is 0 Å². The quantitative estimate of drug-likeness (QED) is 0.489. The summed E-state index contributed by atoms with van der Waals surface area (Å²) >= 11 is 0. The van der Waals surface area contributed by atoms with Gasteiger partial charge < -0.3 is 19.6 Å². The van der Waals surface area contributed by atoms with E-state index in [2.05, 4.69) is 4.52 Å². The second kappa shape index (κ2) is 5.84. The van der Waals surface area contributed by atoms with Crippen LogP contribution in [-0.2, 0) is 20.9 Å². The summed E-state index contributed by atoms with van der Waals surface area (Å²) in [6.07, 6.45) is -1.31. The van der Waals surface area contributed by atoms with E-state index in [1.807, 2.05) is 0 Å². The molecule has 0 amide bonds. The van der Waals surface area contributed by atoms with Crippen LogP contribution >= 0.6 is 7.82 Å². The lowest BCUT2D eigenvalue weighted by atomic mass is 10.2. The lowest BCUT2D eigenvalue weighted by Crippen LogP contribution is -2.38. The second-order valence-corrected chi connectivity index (χ2v) is 5.91. The predicted octanol–water partition coefficient (Wildman–Crippen LogP) is -1.58. The van der Waals surface area contributed by atoms with Gasteiger partial charge in [0.05, 0.1) is 12.7 Å². The van der Waals surface area contributed by atoms with Gasteiger partial charge in [0.25, 0.3) is 0 Å². The minimum Gasteiger partial charge on any atom is -0.390 e. The molecule has 2 rings (SSSR count). The summed E-state index contributed by atoms with van der Waals surface area (Å²) in [5.41, 5.74) is -0.465. The van der Waals surface area contributed by atoms with Gasteiger partial charge in [0.2, 0.25) is 0 Å². The Kier molecular flexibility index (Phi) is 4.47. The minimum absolute atomic E-state index is 0.0242. The normalized spacial score (nSPS) is 26.2. The lowest BCUT2D eigenvalue weighted by molar-refractivity contribution is -0.0454. The van der Waals surface area contributed by atoms with Gasteiger partial charge in [0.1, 0.15) is 17.8 Å². The Morgan fingerprint density at radius 3 is 2.86 bits per heavy atom. The third kappa shape index (κ3) is 3.67. The van der Waals surface area contributed by atoms with Crippen LogP contribution in [-0.4, -0.2) is 42.8 Å². The SMILES string of the molecule is Cn1c(=N)ccn([C@H]2C[C@H](O)[C@@H](COP(=O)(O)O)O2)c1=O. The number of nitrogens with zero attached hydrogens (tertiary/aromatic N) is 2. The molecule has 1 aliphatic rings. The number of hydrogen-bond donors (Lipinski definition) is 4. The van der Waals surface area contributed by atoms with E-state index in [0.29, 0.717) is 0 Å². The average molecular weight is 321 g/mol. The largest absolute Gasteiger partial charge is 0.469 e. The van der Waals surface area contributed by atoms with Crippen LogP contribution < -0.4 is 11.2 Å². The van der Waals surface area contributed by atoms with Gasteiger partial charge in [-0.15, -0.1) is 0 Å². The van der Waals surface area contributed by atoms with E-state index in [9.17, 15) is 14.5 Å². The number of rotatable bonds is 4. The van der Waals surface area contributed by atoms with Crippen LogP contribution in [0.5, 0.6) is 0 Å². The first-order valence-corrected chi connectivity index (χ1v) is 7.58. The molecule has 3 atom stereocenters. The number of hydrogen-bond acceptors (Lipinski definition) is 6. The summed E-state index contributed by atoms with van der Waals surface area (Å²) < 4.78 is 22.7. The van der Waals surface area contributed by atoms with E-state index >= 15 is 0 Å². The molecular formula is C10H16N3O7P. The molecule has 0 aliphatic carbocycles. The van der Waals surface area contributed by atoms with Crippen LogP contribution in [0.3, 0.4) is 0 Å². The zero-order valence-electron chi connectivity index (χ0n) is 11.1. The smallest absolute Gasteiger partial charge is 0.390 e. The summed E-state index contributed by atoms with van der Waals surface area (Å²) in [6.45, 7) is -0.487. The van der Waals surface area contributed by atoms with E-state index in [-0.39, 0.29) is 11.9 Å². The van der Waals surface area contributed by atoms with E-state index in [4.69, 9.17) is 19.9 Å². The number of aliphatic hydroxyl groups excluding tert-OH is 1. The molecule has 1 aromatic heterocycles. The van der Waals surface area contributed by atoms with Gasteiger partial charge >= 0.3 is 13.5 Å². The van der Waals surface area contributed by atoms with Crippen molar-refractivity contribution in [3.05, 3.63) is 28.2 Å². The van der Waals surface area contributed by atoms with Crippen molar-refractivity contribution in [3.8, 4) is 0 Å². The van der Waals surface area contributed by atoms with Crippen molar-refractivity contribution < 1.29 is 28.7 Å². The molecule has 0 bridgehead atoms. The number of phosphoric ester groups is 1. The Morgan fingerprint density at radius 2 is 2.24 bits per heavy atom. The molecule has 0 unspecified atom stereocenters. The van der Waals surface area contributed by atoms with Crippen molar-refractivity contribution in [3.63, 3.8) is 0 Å². The summed E-state index contributed by atoms with van der Waals surface area (Å²) in [6, 6.07) is 1.40. The Morgan fingerprint density at radius 1 is 1.57 bits per heavy atom. The maximum Gasteiger partial charge on any atom is 0.469 e. The molecule has 118 valence electrons. The fraction of sp³-hybridized carbons (Fsp3) is 0.600. The van der Waals surface area contributed by atoms with Gasteiger partial charge in [0.15, 0.2) is 0 Å². The van der Waals surface area contributed by atoms with Gasteiger partial charge in [-0.2, -0.15) is 0 Å². The van der Waals surface area contributed by atoms with Gasteiger partial charge in [0, 0.05) is 19.7 Å². The molecule has 0 aromatic carbocycles. The molecule has 21 heavy (non-hydrogen) atoms. The molecule has 10 nitrogen and oxygen atoms in total. The van der Waals surface area contributed by atoms with E-state index < -0.39 is 38.6 Å². The van der Waals surface area contributed by atoms with Crippen LogP contribution in [0.25, 0.3) is 0 Å². The van der Waals surface area contributed by atoms with Gasteiger partial charge in [-0.1, -0.05) is 0 Å². The third-order valence-corrected chi connectivity index (χ3v) is 3.67. The number of aromatic nitrogens is 2. The molecule has 0 spiro atoms. The highest BCUT2D eigenvalue weighted by Gasteiger charge is 2.37. The minimum atomic E-state index is -4.65. The maximum absolute atomic E-state index is 12.0. The Labute approximate surface area is 118 Å². The molecule has 0 saturated carbocycles. The molecule has 1 aromatic rings. The van der Waals surface area contributed by atoms with Gasteiger partial charge in [-0.05, 0) is 6.07 Å². The van der Waals surface area contributed by atoms with Crippen LogP contribution in [0.2, 0.25) is 0 Å². The second-order valence-electron chi connectivity index (χ2n) is 4.67. The summed E-state index contributed by atoms with van der Waals surface area (Å²) in [4.78, 5) is 29.3. The molecule has 1 aliphatic heterocycles. The zero-order valence-corrected chi connectivity index (χ0v) is 12.0. The summed E-state index contributed by atoms with van der Waals surface area (Å²) in [5.74, 6) is 0. The van der Waals surface area contributed by atoms with Crippen LogP contribution in [0.1, 0.15) is 12.6 Å². The molecule has 1 saturated heterocycles. The highest BCUT2D eigenvalue weighted by atomic mass is 31.2. The van der Waals surface area contributed by atoms with Crippen molar-refractivity contribution in [2.75, 3.05) is 6.61 Å². The number of nitrogens with one attached hydrogen (secondary N) is 1. The Hall–Kier alpha value is -1.29. The van der Waals surface area contributed by atoms with Crippen molar-refractivity contribution in [2.24, 2.45) is 7.05 Å². The number of ether oxygens (including phenoxy) is 1.